The molecule has 0 fully saturated rings. The molecule has 9 nitrogen and oxygen atoms in total. The normalized spacial score (nSPS) is 16.6. The number of hydrogen-bond acceptors (Lipinski definition) is 6. The molecule has 1 aliphatic heterocycles. The van der Waals surface area contributed by atoms with Crippen LogP contribution in [-0.2, 0) is 7.05 Å². The monoisotopic (exact) mass is 402 g/mol. The number of anilines is 1. The highest BCUT2D eigenvalue weighted by atomic mass is 16.6. The van der Waals surface area contributed by atoms with Crippen LogP contribution in [0.25, 0.3) is 5.70 Å². The fourth-order valence-electron chi connectivity index (χ4n) is 4.15. The molecule has 0 spiro atoms. The Morgan fingerprint density at radius 3 is 2.33 bits per heavy atom. The number of H-pyrrole nitrogens is 1. The first-order chi connectivity index (χ1) is 14.4. The van der Waals surface area contributed by atoms with E-state index in [-0.39, 0.29) is 22.9 Å². The van der Waals surface area contributed by atoms with Crippen molar-refractivity contribution in [1.29, 1.82) is 0 Å². The summed E-state index contributed by atoms with van der Waals surface area (Å²) >= 11 is 0. The van der Waals surface area contributed by atoms with Gasteiger partial charge in [0.1, 0.15) is 5.82 Å². The summed E-state index contributed by atoms with van der Waals surface area (Å²) in [4.78, 5) is 51.1. The average Bonchev–Trinajstić information content (AvgIpc) is 3.03. The summed E-state index contributed by atoms with van der Waals surface area (Å²) in [5.74, 6) is -0.724. The highest BCUT2D eigenvalue weighted by Gasteiger charge is 2.42. The van der Waals surface area contributed by atoms with E-state index < -0.39 is 22.1 Å². The van der Waals surface area contributed by atoms with Crippen molar-refractivity contribution in [2.45, 2.75) is 5.92 Å². The van der Waals surface area contributed by atoms with Crippen LogP contribution in [0.15, 0.2) is 63.7 Å². The van der Waals surface area contributed by atoms with Gasteiger partial charge in [-0.05, 0) is 5.56 Å². The maximum atomic E-state index is 13.3. The molecule has 148 valence electrons. The molecular formula is C21H14N4O5. The van der Waals surface area contributed by atoms with Crippen molar-refractivity contribution < 1.29 is 9.72 Å². The number of nitro benzene ring substituents is 1. The summed E-state index contributed by atoms with van der Waals surface area (Å²) in [6.45, 7) is 0. The SMILES string of the molecule is Cn1c2c(c(=O)[nH]c1=O)[C@H](c1ccc([N+](=O)[O-])cc1)C1=C(N2)c2ccccc2C1=O. The van der Waals surface area contributed by atoms with Crippen molar-refractivity contribution >= 4 is 23.0 Å². The van der Waals surface area contributed by atoms with Crippen LogP contribution in [0.2, 0.25) is 0 Å². The predicted octanol–water partition coefficient (Wildman–Crippen LogP) is 2.15. The number of nitro groups is 1. The lowest BCUT2D eigenvalue weighted by Gasteiger charge is -2.28. The van der Waals surface area contributed by atoms with E-state index in [0.29, 0.717) is 28.0 Å². The van der Waals surface area contributed by atoms with Crippen LogP contribution < -0.4 is 16.6 Å². The largest absolute Gasteiger partial charge is 0.340 e. The Bertz CT molecular complexity index is 1410. The van der Waals surface area contributed by atoms with Gasteiger partial charge in [0.15, 0.2) is 5.78 Å². The molecule has 2 aromatic carbocycles. The maximum absolute atomic E-state index is 13.3. The lowest BCUT2D eigenvalue weighted by Crippen LogP contribution is -2.37. The zero-order valence-electron chi connectivity index (χ0n) is 15.6. The third-order valence-corrected chi connectivity index (χ3v) is 5.57. The van der Waals surface area contributed by atoms with Crippen molar-refractivity contribution in [1.82, 2.24) is 9.55 Å². The number of non-ortho nitro benzene ring substituents is 1. The van der Waals surface area contributed by atoms with E-state index in [4.69, 9.17) is 0 Å². The minimum atomic E-state index is -0.785. The Labute approximate surface area is 168 Å². The number of benzene rings is 2. The number of aromatic amines is 1. The van der Waals surface area contributed by atoms with Crippen molar-refractivity contribution in [3.63, 3.8) is 0 Å². The Balaban J connectivity index is 1.82. The molecule has 0 radical (unpaired) electrons. The molecule has 3 aromatic rings. The number of carbonyl (C=O) groups is 1. The van der Waals surface area contributed by atoms with Crippen LogP contribution >= 0.6 is 0 Å². The smallest absolute Gasteiger partial charge is 0.329 e. The molecule has 0 saturated heterocycles. The maximum Gasteiger partial charge on any atom is 0.329 e. The number of nitrogens with zero attached hydrogens (tertiary/aromatic N) is 2. The molecule has 1 aliphatic carbocycles. The molecule has 0 amide bonds. The highest BCUT2D eigenvalue weighted by molar-refractivity contribution is 6.23. The molecule has 0 bridgehead atoms. The average molecular weight is 402 g/mol. The van der Waals surface area contributed by atoms with Gasteiger partial charge in [-0.25, -0.2) is 4.79 Å². The standard InChI is InChI=1S/C21H14N4O5/c1-24-19-16(20(27)23-21(24)28)14(10-6-8-11(9-7-10)25(29)30)15-17(22-19)12-4-2-3-5-13(12)18(15)26/h2-9,14,22H,1H3,(H,23,27,28)/t14-/m1/s1. The zero-order chi connectivity index (χ0) is 21.2. The van der Waals surface area contributed by atoms with Gasteiger partial charge < -0.3 is 5.32 Å². The number of rotatable bonds is 2. The second-order valence-corrected chi connectivity index (χ2v) is 7.15. The van der Waals surface area contributed by atoms with Gasteiger partial charge in [-0.3, -0.25) is 29.3 Å². The van der Waals surface area contributed by atoms with E-state index in [1.807, 2.05) is 0 Å². The van der Waals surface area contributed by atoms with Crippen LogP contribution in [0.3, 0.4) is 0 Å². The van der Waals surface area contributed by atoms with Gasteiger partial charge in [0.25, 0.3) is 11.2 Å². The third-order valence-electron chi connectivity index (χ3n) is 5.57. The molecular weight excluding hydrogens is 388 g/mol. The second kappa shape index (κ2) is 6.11. The van der Waals surface area contributed by atoms with Crippen molar-refractivity contribution in [3.8, 4) is 0 Å². The Morgan fingerprint density at radius 1 is 1.00 bits per heavy atom. The van der Waals surface area contributed by atoms with Gasteiger partial charge >= 0.3 is 5.69 Å². The molecule has 2 heterocycles. The van der Waals surface area contributed by atoms with Crippen LogP contribution in [0, 0.1) is 10.1 Å². The number of ketones is 1. The van der Waals surface area contributed by atoms with E-state index >= 15 is 0 Å². The summed E-state index contributed by atoms with van der Waals surface area (Å²) in [7, 11) is 1.52. The lowest BCUT2D eigenvalue weighted by molar-refractivity contribution is -0.384. The minimum absolute atomic E-state index is 0.0995. The minimum Gasteiger partial charge on any atom is -0.340 e. The van der Waals surface area contributed by atoms with Gasteiger partial charge in [0.05, 0.1) is 16.2 Å². The number of fused-ring (bicyclic) bond motifs is 3. The summed E-state index contributed by atoms with van der Waals surface area (Å²) in [6, 6.07) is 12.8. The topological polar surface area (TPSA) is 127 Å². The number of Topliss-reactive ketones (excluding diaryl/α,β-unsaturated/α-hetero) is 1. The summed E-state index contributed by atoms with van der Waals surface area (Å²) in [5.41, 5.74) is 1.55. The Kier molecular flexibility index (Phi) is 3.63. The predicted molar refractivity (Wildman–Crippen MR) is 109 cm³/mol. The molecule has 2 aliphatic rings. The van der Waals surface area contributed by atoms with Crippen LogP contribution in [0.5, 0.6) is 0 Å². The second-order valence-electron chi connectivity index (χ2n) is 7.15. The van der Waals surface area contributed by atoms with Crippen LogP contribution in [0.1, 0.15) is 33.0 Å². The van der Waals surface area contributed by atoms with E-state index in [1.165, 1.54) is 35.9 Å². The van der Waals surface area contributed by atoms with Gasteiger partial charge in [-0.15, -0.1) is 0 Å². The molecule has 30 heavy (non-hydrogen) atoms. The van der Waals surface area contributed by atoms with Crippen LogP contribution in [-0.4, -0.2) is 20.3 Å². The summed E-state index contributed by atoms with van der Waals surface area (Å²) in [6.07, 6.45) is 0. The van der Waals surface area contributed by atoms with Crippen molar-refractivity contribution in [2.24, 2.45) is 7.05 Å². The fourth-order valence-corrected chi connectivity index (χ4v) is 4.15. The van der Waals surface area contributed by atoms with Crippen molar-refractivity contribution in [2.75, 3.05) is 5.32 Å². The van der Waals surface area contributed by atoms with E-state index in [2.05, 4.69) is 10.3 Å². The van der Waals surface area contributed by atoms with Gasteiger partial charge in [-0.2, -0.15) is 0 Å². The summed E-state index contributed by atoms with van der Waals surface area (Å²) in [5, 5.41) is 14.2. The van der Waals surface area contributed by atoms with Crippen molar-refractivity contribution in [3.05, 3.63) is 107 Å². The molecule has 1 aromatic heterocycles. The number of nitrogens with one attached hydrogen (secondary N) is 2. The molecule has 9 heteroatoms. The first-order valence-electron chi connectivity index (χ1n) is 9.11. The summed E-state index contributed by atoms with van der Waals surface area (Å²) < 4.78 is 1.28. The van der Waals surface area contributed by atoms with E-state index in [1.54, 1.807) is 24.3 Å². The number of hydrogen-bond donors (Lipinski definition) is 2. The molecule has 0 saturated carbocycles. The Hall–Kier alpha value is -4.27. The van der Waals surface area contributed by atoms with E-state index in [0.717, 1.165) is 0 Å². The molecule has 5 rings (SSSR count). The van der Waals surface area contributed by atoms with Crippen LogP contribution in [0.4, 0.5) is 11.5 Å². The van der Waals surface area contributed by atoms with Gasteiger partial charge in [0.2, 0.25) is 0 Å². The fraction of sp³-hybridized carbons (Fsp3) is 0.0952. The zero-order valence-corrected chi connectivity index (χ0v) is 15.6. The molecule has 0 unspecified atom stereocenters. The lowest BCUT2D eigenvalue weighted by atomic mass is 9.81. The molecule has 2 N–H and O–H groups in total. The first-order valence-corrected chi connectivity index (χ1v) is 9.11. The molecule has 1 atom stereocenters. The number of allylic oxidation sites excluding steroid dienone is 1. The number of aromatic nitrogens is 2. The quantitative estimate of drug-likeness (QED) is 0.499. The first kappa shape index (κ1) is 17.8. The van der Waals surface area contributed by atoms with Gasteiger partial charge in [-0.1, -0.05) is 36.4 Å². The Morgan fingerprint density at radius 2 is 1.67 bits per heavy atom. The third kappa shape index (κ3) is 2.32. The van der Waals surface area contributed by atoms with Gasteiger partial charge in [0, 0.05) is 41.8 Å². The van der Waals surface area contributed by atoms with E-state index in [9.17, 15) is 24.5 Å². The highest BCUT2D eigenvalue weighted by Crippen LogP contribution is 2.47. The number of carbonyl (C=O) groups excluding carboxylic acids is 1.